The fourth-order valence-corrected chi connectivity index (χ4v) is 2.14. The van der Waals surface area contributed by atoms with Gasteiger partial charge in [-0.1, -0.05) is 33.6 Å². The van der Waals surface area contributed by atoms with E-state index in [2.05, 4.69) is 13.8 Å². The first-order valence-corrected chi connectivity index (χ1v) is 5.38. The van der Waals surface area contributed by atoms with Crippen molar-refractivity contribution in [2.45, 2.75) is 58.2 Å². The molecule has 2 unspecified atom stereocenters. The Hall–Kier alpha value is -0.0800. The Morgan fingerprint density at radius 1 is 1.08 bits per heavy atom. The first kappa shape index (κ1) is 11.0. The first-order valence-electron chi connectivity index (χ1n) is 5.38. The minimum atomic E-state index is -0.788. The number of hydrogen-bond donors (Lipinski definition) is 2. The first-order chi connectivity index (χ1) is 5.97. The van der Waals surface area contributed by atoms with E-state index in [9.17, 15) is 10.2 Å². The second kappa shape index (κ2) is 3.97. The van der Waals surface area contributed by atoms with E-state index in [0.717, 1.165) is 25.7 Å². The van der Waals surface area contributed by atoms with Gasteiger partial charge in [0.25, 0.3) is 0 Å². The van der Waals surface area contributed by atoms with Crippen LogP contribution in [0.15, 0.2) is 0 Å². The molecule has 1 aliphatic carbocycles. The lowest BCUT2D eigenvalue weighted by Crippen LogP contribution is -2.45. The normalized spacial score (nSPS) is 26.3. The van der Waals surface area contributed by atoms with Crippen LogP contribution in [-0.4, -0.2) is 21.9 Å². The van der Waals surface area contributed by atoms with Gasteiger partial charge in [0, 0.05) is 0 Å². The maximum atomic E-state index is 10.1. The summed E-state index contributed by atoms with van der Waals surface area (Å²) in [7, 11) is 0. The largest absolute Gasteiger partial charge is 0.390 e. The highest BCUT2D eigenvalue weighted by atomic mass is 16.3. The van der Waals surface area contributed by atoms with E-state index in [1.54, 1.807) is 0 Å². The van der Waals surface area contributed by atoms with E-state index < -0.39 is 11.7 Å². The molecule has 78 valence electrons. The van der Waals surface area contributed by atoms with Gasteiger partial charge in [-0.25, -0.2) is 0 Å². The second-order valence-electron chi connectivity index (χ2n) is 4.86. The Bertz CT molecular complexity index is 159. The Morgan fingerprint density at radius 2 is 1.54 bits per heavy atom. The Labute approximate surface area is 81.0 Å². The van der Waals surface area contributed by atoms with Crippen LogP contribution in [0.2, 0.25) is 0 Å². The van der Waals surface area contributed by atoms with Crippen LogP contribution in [0.4, 0.5) is 0 Å². The number of aliphatic hydroxyl groups is 2. The highest BCUT2D eigenvalue weighted by Crippen LogP contribution is 2.36. The minimum Gasteiger partial charge on any atom is -0.390 e. The lowest BCUT2D eigenvalue weighted by atomic mass is 9.81. The predicted molar refractivity (Wildman–Crippen MR) is 53.4 cm³/mol. The van der Waals surface area contributed by atoms with Crippen LogP contribution in [0, 0.1) is 11.8 Å². The molecule has 0 aromatic heterocycles. The quantitative estimate of drug-likeness (QED) is 0.707. The Kier molecular flexibility index (Phi) is 3.36. The Morgan fingerprint density at radius 3 is 1.92 bits per heavy atom. The van der Waals surface area contributed by atoms with Crippen molar-refractivity contribution in [3.8, 4) is 0 Å². The molecule has 0 aliphatic heterocycles. The summed E-state index contributed by atoms with van der Waals surface area (Å²) in [4.78, 5) is 0. The highest BCUT2D eigenvalue weighted by molar-refractivity contribution is 4.93. The lowest BCUT2D eigenvalue weighted by molar-refractivity contribution is -0.101. The minimum absolute atomic E-state index is 0.183. The van der Waals surface area contributed by atoms with Crippen LogP contribution >= 0.6 is 0 Å². The third-order valence-electron chi connectivity index (χ3n) is 3.57. The molecule has 0 heterocycles. The zero-order valence-corrected chi connectivity index (χ0v) is 8.95. The van der Waals surface area contributed by atoms with Gasteiger partial charge in [-0.05, 0) is 24.7 Å². The summed E-state index contributed by atoms with van der Waals surface area (Å²) < 4.78 is 0. The van der Waals surface area contributed by atoms with Crippen LogP contribution in [0.25, 0.3) is 0 Å². The van der Waals surface area contributed by atoms with Crippen LogP contribution < -0.4 is 0 Å². The third-order valence-corrected chi connectivity index (χ3v) is 3.57. The average Bonchev–Trinajstić information content (AvgIpc) is 2.50. The van der Waals surface area contributed by atoms with Crippen molar-refractivity contribution in [3.05, 3.63) is 0 Å². The zero-order chi connectivity index (χ0) is 10.1. The molecule has 0 bridgehead atoms. The van der Waals surface area contributed by atoms with Gasteiger partial charge >= 0.3 is 0 Å². The number of aliphatic hydroxyl groups excluding tert-OH is 1. The molecule has 1 fully saturated rings. The molecule has 0 amide bonds. The molecule has 0 aromatic rings. The summed E-state index contributed by atoms with van der Waals surface area (Å²) >= 11 is 0. The van der Waals surface area contributed by atoms with Gasteiger partial charge in [0.1, 0.15) is 0 Å². The van der Waals surface area contributed by atoms with Crippen molar-refractivity contribution < 1.29 is 10.2 Å². The van der Waals surface area contributed by atoms with Crippen molar-refractivity contribution in [3.63, 3.8) is 0 Å². The van der Waals surface area contributed by atoms with Crippen molar-refractivity contribution in [2.75, 3.05) is 0 Å². The summed E-state index contributed by atoms with van der Waals surface area (Å²) in [5, 5.41) is 20.1. The fraction of sp³-hybridized carbons (Fsp3) is 1.00. The SMILES string of the molecule is CC(C)C(C)C(O)C1(O)CCCC1. The molecule has 13 heavy (non-hydrogen) atoms. The molecule has 0 aromatic carbocycles. The average molecular weight is 186 g/mol. The predicted octanol–water partition coefficient (Wildman–Crippen LogP) is 1.94. The van der Waals surface area contributed by atoms with Crippen molar-refractivity contribution in [1.82, 2.24) is 0 Å². The summed E-state index contributed by atoms with van der Waals surface area (Å²) in [6.45, 7) is 6.20. The molecule has 1 rings (SSSR count). The highest BCUT2D eigenvalue weighted by Gasteiger charge is 2.41. The summed E-state index contributed by atoms with van der Waals surface area (Å²) in [5.74, 6) is 0.614. The van der Waals surface area contributed by atoms with E-state index in [0.29, 0.717) is 5.92 Å². The van der Waals surface area contributed by atoms with Gasteiger partial charge < -0.3 is 10.2 Å². The third kappa shape index (κ3) is 2.23. The molecule has 1 aliphatic rings. The van der Waals surface area contributed by atoms with Crippen LogP contribution in [0.1, 0.15) is 46.5 Å². The zero-order valence-electron chi connectivity index (χ0n) is 8.95. The lowest BCUT2D eigenvalue weighted by Gasteiger charge is -2.34. The van der Waals surface area contributed by atoms with Crippen LogP contribution in [0.5, 0.6) is 0 Å². The van der Waals surface area contributed by atoms with E-state index in [-0.39, 0.29) is 5.92 Å². The second-order valence-corrected chi connectivity index (χ2v) is 4.86. The Balaban J connectivity index is 2.59. The molecule has 2 heteroatoms. The monoisotopic (exact) mass is 186 g/mol. The molecular formula is C11H22O2. The van der Waals surface area contributed by atoms with Crippen LogP contribution in [0.3, 0.4) is 0 Å². The molecular weight excluding hydrogens is 164 g/mol. The molecule has 2 N–H and O–H groups in total. The number of hydrogen-bond acceptors (Lipinski definition) is 2. The van der Waals surface area contributed by atoms with Crippen molar-refractivity contribution >= 4 is 0 Å². The van der Waals surface area contributed by atoms with Gasteiger partial charge in [-0.2, -0.15) is 0 Å². The van der Waals surface area contributed by atoms with Crippen LogP contribution in [-0.2, 0) is 0 Å². The van der Waals surface area contributed by atoms with Crippen molar-refractivity contribution in [2.24, 2.45) is 11.8 Å². The van der Waals surface area contributed by atoms with Gasteiger partial charge in [0.05, 0.1) is 11.7 Å². The fourth-order valence-electron chi connectivity index (χ4n) is 2.14. The van der Waals surface area contributed by atoms with Gasteiger partial charge in [-0.3, -0.25) is 0 Å². The van der Waals surface area contributed by atoms with Crippen molar-refractivity contribution in [1.29, 1.82) is 0 Å². The standard InChI is InChI=1S/C11H22O2/c1-8(2)9(3)10(12)11(13)6-4-5-7-11/h8-10,12-13H,4-7H2,1-3H3. The summed E-state index contributed by atoms with van der Waals surface area (Å²) in [6.07, 6.45) is 3.10. The summed E-state index contributed by atoms with van der Waals surface area (Å²) in [5.41, 5.74) is -0.788. The number of rotatable bonds is 3. The van der Waals surface area contributed by atoms with Gasteiger partial charge in [0.15, 0.2) is 0 Å². The molecule has 2 nitrogen and oxygen atoms in total. The molecule has 2 atom stereocenters. The van der Waals surface area contributed by atoms with Gasteiger partial charge in [-0.15, -0.1) is 0 Å². The maximum Gasteiger partial charge on any atom is 0.0908 e. The molecule has 0 spiro atoms. The van der Waals surface area contributed by atoms with E-state index >= 15 is 0 Å². The topological polar surface area (TPSA) is 40.5 Å². The maximum absolute atomic E-state index is 10.1. The van der Waals surface area contributed by atoms with Gasteiger partial charge in [0.2, 0.25) is 0 Å². The van der Waals surface area contributed by atoms with E-state index in [4.69, 9.17) is 0 Å². The molecule has 0 radical (unpaired) electrons. The molecule has 1 saturated carbocycles. The van der Waals surface area contributed by atoms with E-state index in [1.165, 1.54) is 0 Å². The molecule has 0 saturated heterocycles. The smallest absolute Gasteiger partial charge is 0.0908 e. The summed E-state index contributed by atoms with van der Waals surface area (Å²) in [6, 6.07) is 0. The van der Waals surface area contributed by atoms with E-state index in [1.807, 2.05) is 6.92 Å².